The van der Waals surface area contributed by atoms with Crippen LogP contribution in [-0.4, -0.2) is 39.4 Å². The number of para-hydroxylation sites is 1. The third-order valence-corrected chi connectivity index (χ3v) is 6.18. The van der Waals surface area contributed by atoms with Gasteiger partial charge in [-0.3, -0.25) is 9.59 Å². The number of hydrogen-bond donors (Lipinski definition) is 1. The largest absolute Gasteiger partial charge is 0.349 e. The third-order valence-electron chi connectivity index (χ3n) is 6.18. The summed E-state index contributed by atoms with van der Waals surface area (Å²) in [4.78, 5) is 27.5. The van der Waals surface area contributed by atoms with Gasteiger partial charge in [-0.25, -0.2) is 0 Å². The van der Waals surface area contributed by atoms with E-state index in [1.54, 1.807) is 6.08 Å². The first-order valence-electron chi connectivity index (χ1n) is 10.8. The van der Waals surface area contributed by atoms with Crippen molar-refractivity contribution >= 4 is 28.8 Å². The van der Waals surface area contributed by atoms with Crippen molar-refractivity contribution in [2.24, 2.45) is 0 Å². The minimum atomic E-state index is -0.330. The molecule has 2 aliphatic rings. The number of benzene rings is 1. The zero-order valence-electron chi connectivity index (χ0n) is 17.6. The molecule has 6 nitrogen and oxygen atoms in total. The number of amides is 2. The Kier molecular flexibility index (Phi) is 5.63. The Morgan fingerprint density at radius 1 is 1.17 bits per heavy atom. The highest BCUT2D eigenvalue weighted by atomic mass is 16.2. The van der Waals surface area contributed by atoms with Gasteiger partial charge in [0.1, 0.15) is 18.2 Å². The van der Waals surface area contributed by atoms with E-state index in [0.29, 0.717) is 0 Å². The lowest BCUT2D eigenvalue weighted by molar-refractivity contribution is -0.137. The highest BCUT2D eigenvalue weighted by Gasteiger charge is 2.29. The number of fused-ring (bicyclic) bond motifs is 1. The molecule has 1 aliphatic heterocycles. The van der Waals surface area contributed by atoms with Crippen molar-refractivity contribution in [3.63, 3.8) is 0 Å². The first-order valence-corrected chi connectivity index (χ1v) is 10.8. The van der Waals surface area contributed by atoms with Crippen LogP contribution in [0.4, 0.5) is 0 Å². The zero-order chi connectivity index (χ0) is 21.3. The number of likely N-dealkylation sites (tertiary alicyclic amines) is 1. The molecule has 1 aliphatic carbocycles. The van der Waals surface area contributed by atoms with Crippen molar-refractivity contribution in [2.45, 2.75) is 70.6 Å². The monoisotopic (exact) mass is 404 g/mol. The van der Waals surface area contributed by atoms with E-state index in [1.807, 2.05) is 46.0 Å². The second kappa shape index (κ2) is 8.35. The first kappa shape index (κ1) is 20.2. The normalized spacial score (nSPS) is 22.0. The fourth-order valence-electron chi connectivity index (χ4n) is 4.46. The molecule has 2 aromatic rings. The molecule has 2 amide bonds. The van der Waals surface area contributed by atoms with Crippen molar-refractivity contribution in [1.82, 2.24) is 14.8 Å². The van der Waals surface area contributed by atoms with Gasteiger partial charge in [0, 0.05) is 40.8 Å². The lowest BCUT2D eigenvalue weighted by Crippen LogP contribution is -2.48. The van der Waals surface area contributed by atoms with Crippen molar-refractivity contribution in [2.75, 3.05) is 0 Å². The van der Waals surface area contributed by atoms with E-state index in [4.69, 9.17) is 0 Å². The SMILES string of the molecule is C[C@@H]1CCC[C@@H](C)N1C(=O)Cn1cc(/C=C(\C#N)C(=O)NC2CC2)c2ccccc21. The van der Waals surface area contributed by atoms with Crippen LogP contribution in [0.15, 0.2) is 36.0 Å². The van der Waals surface area contributed by atoms with Gasteiger partial charge in [0.05, 0.1) is 0 Å². The van der Waals surface area contributed by atoms with Crippen LogP contribution in [0.25, 0.3) is 17.0 Å². The van der Waals surface area contributed by atoms with Crippen LogP contribution >= 0.6 is 0 Å². The second-order valence-corrected chi connectivity index (χ2v) is 8.58. The van der Waals surface area contributed by atoms with Crippen LogP contribution in [0.1, 0.15) is 51.5 Å². The number of hydrogen-bond acceptors (Lipinski definition) is 3. The smallest absolute Gasteiger partial charge is 0.262 e. The summed E-state index contributed by atoms with van der Waals surface area (Å²) in [5.74, 6) is -0.221. The molecule has 1 aromatic carbocycles. The topological polar surface area (TPSA) is 78.1 Å². The van der Waals surface area contributed by atoms with E-state index in [0.717, 1.165) is 48.6 Å². The molecule has 0 unspecified atom stereocenters. The molecule has 2 fully saturated rings. The van der Waals surface area contributed by atoms with Crippen LogP contribution in [0.3, 0.4) is 0 Å². The maximum atomic E-state index is 13.1. The first-order chi connectivity index (χ1) is 14.5. The van der Waals surface area contributed by atoms with Gasteiger partial charge in [-0.05, 0) is 58.1 Å². The number of nitriles is 1. The van der Waals surface area contributed by atoms with Gasteiger partial charge in [0.25, 0.3) is 5.91 Å². The lowest BCUT2D eigenvalue weighted by atomic mass is 9.97. The molecule has 30 heavy (non-hydrogen) atoms. The second-order valence-electron chi connectivity index (χ2n) is 8.58. The van der Waals surface area contributed by atoms with Gasteiger partial charge >= 0.3 is 0 Å². The summed E-state index contributed by atoms with van der Waals surface area (Å²) < 4.78 is 1.94. The average molecular weight is 405 g/mol. The van der Waals surface area contributed by atoms with Crippen molar-refractivity contribution in [3.05, 3.63) is 41.6 Å². The van der Waals surface area contributed by atoms with Crippen LogP contribution in [-0.2, 0) is 16.1 Å². The number of rotatable bonds is 5. The fourth-order valence-corrected chi connectivity index (χ4v) is 4.46. The van der Waals surface area contributed by atoms with E-state index in [-0.39, 0.29) is 42.1 Å². The van der Waals surface area contributed by atoms with Gasteiger partial charge in [0.15, 0.2) is 0 Å². The number of nitrogens with zero attached hydrogens (tertiary/aromatic N) is 3. The maximum absolute atomic E-state index is 13.1. The molecule has 0 radical (unpaired) electrons. The van der Waals surface area contributed by atoms with Gasteiger partial charge in [-0.1, -0.05) is 18.2 Å². The summed E-state index contributed by atoms with van der Waals surface area (Å²) in [7, 11) is 0. The van der Waals surface area contributed by atoms with Crippen molar-refractivity contribution in [3.8, 4) is 6.07 Å². The van der Waals surface area contributed by atoms with Crippen LogP contribution in [0.2, 0.25) is 0 Å². The summed E-state index contributed by atoms with van der Waals surface area (Å²) in [5.41, 5.74) is 1.80. The third kappa shape index (κ3) is 4.11. The minimum Gasteiger partial charge on any atom is -0.349 e. The lowest BCUT2D eigenvalue weighted by Gasteiger charge is -2.39. The average Bonchev–Trinajstić information content (AvgIpc) is 3.47. The minimum absolute atomic E-state index is 0.0920. The molecule has 2 heterocycles. The molecule has 2 atom stereocenters. The molecule has 6 heteroatoms. The molecule has 0 spiro atoms. The van der Waals surface area contributed by atoms with Crippen molar-refractivity contribution in [1.29, 1.82) is 5.26 Å². The number of carbonyl (C=O) groups is 2. The zero-order valence-corrected chi connectivity index (χ0v) is 17.6. The molecule has 1 N–H and O–H groups in total. The highest BCUT2D eigenvalue weighted by Crippen LogP contribution is 2.27. The summed E-state index contributed by atoms with van der Waals surface area (Å²) in [5, 5.41) is 13.3. The molecule has 1 saturated heterocycles. The Balaban J connectivity index is 1.63. The summed E-state index contributed by atoms with van der Waals surface area (Å²) in [6, 6.07) is 10.5. The Morgan fingerprint density at radius 2 is 1.87 bits per heavy atom. The van der Waals surface area contributed by atoms with E-state index < -0.39 is 0 Å². The molecule has 1 aromatic heterocycles. The quantitative estimate of drug-likeness (QED) is 0.611. The number of piperidine rings is 1. The maximum Gasteiger partial charge on any atom is 0.262 e. The molecular weight excluding hydrogens is 376 g/mol. The van der Waals surface area contributed by atoms with E-state index in [1.165, 1.54) is 0 Å². The highest BCUT2D eigenvalue weighted by molar-refractivity contribution is 6.04. The molecule has 4 rings (SSSR count). The predicted octanol–water partition coefficient (Wildman–Crippen LogP) is 3.62. The Hall–Kier alpha value is -3.07. The van der Waals surface area contributed by atoms with Crippen LogP contribution in [0, 0.1) is 11.3 Å². The number of nitrogens with one attached hydrogen (secondary N) is 1. The van der Waals surface area contributed by atoms with Gasteiger partial charge in [-0.2, -0.15) is 5.26 Å². The molecule has 1 saturated carbocycles. The summed E-state index contributed by atoms with van der Waals surface area (Å²) in [6.45, 7) is 4.49. The standard InChI is InChI=1S/C24H28N4O2/c1-16-6-5-7-17(2)28(16)23(29)15-27-14-19(21-8-3-4-9-22(21)27)12-18(13-25)24(30)26-20-10-11-20/h3-4,8-9,12,14,16-17,20H,5-7,10-11,15H2,1-2H3,(H,26,30)/b18-12+/t16-,17-/m1/s1. The molecular formula is C24H28N4O2. The fraction of sp³-hybridized carbons (Fsp3) is 0.458. The Labute approximate surface area is 177 Å². The number of aromatic nitrogens is 1. The van der Waals surface area contributed by atoms with Crippen LogP contribution < -0.4 is 5.32 Å². The predicted molar refractivity (Wildman–Crippen MR) is 116 cm³/mol. The van der Waals surface area contributed by atoms with Gasteiger partial charge in [-0.15, -0.1) is 0 Å². The van der Waals surface area contributed by atoms with Gasteiger partial charge in [0.2, 0.25) is 5.91 Å². The van der Waals surface area contributed by atoms with E-state index >= 15 is 0 Å². The van der Waals surface area contributed by atoms with Crippen molar-refractivity contribution < 1.29 is 9.59 Å². The summed E-state index contributed by atoms with van der Waals surface area (Å²) >= 11 is 0. The van der Waals surface area contributed by atoms with E-state index in [9.17, 15) is 14.9 Å². The van der Waals surface area contributed by atoms with Crippen LogP contribution in [0.5, 0.6) is 0 Å². The van der Waals surface area contributed by atoms with Gasteiger partial charge < -0.3 is 14.8 Å². The van der Waals surface area contributed by atoms with E-state index in [2.05, 4.69) is 19.2 Å². The number of carbonyl (C=O) groups excluding carboxylic acids is 2. The Bertz CT molecular complexity index is 1030. The summed E-state index contributed by atoms with van der Waals surface area (Å²) in [6.07, 6.45) is 8.69. The molecule has 0 bridgehead atoms. The Morgan fingerprint density at radius 3 is 2.53 bits per heavy atom. The molecule has 156 valence electrons.